The van der Waals surface area contributed by atoms with E-state index < -0.39 is 0 Å². The number of pyridine rings is 1. The first-order valence-electron chi connectivity index (χ1n) is 6.42. The zero-order valence-electron chi connectivity index (χ0n) is 11.2. The predicted octanol–water partition coefficient (Wildman–Crippen LogP) is 3.95. The molecule has 0 saturated carbocycles. The minimum atomic E-state index is 0.0697. The summed E-state index contributed by atoms with van der Waals surface area (Å²) in [5.41, 5.74) is 2.91. The highest BCUT2D eigenvalue weighted by atomic mass is 35.5. The van der Waals surface area contributed by atoms with Crippen LogP contribution >= 0.6 is 23.2 Å². The first-order valence-corrected chi connectivity index (χ1v) is 7.17. The number of rotatable bonds is 5. The van der Waals surface area contributed by atoms with E-state index in [1.54, 1.807) is 12.3 Å². The number of nitrogens with zero attached hydrogens (tertiary/aromatic N) is 1. The monoisotopic (exact) mass is 310 g/mol. The Morgan fingerprint density at radius 3 is 2.75 bits per heavy atom. The van der Waals surface area contributed by atoms with Crippen molar-refractivity contribution >= 4 is 23.2 Å². The van der Waals surface area contributed by atoms with Crippen molar-refractivity contribution in [3.8, 4) is 5.75 Å². The molecule has 0 amide bonds. The maximum absolute atomic E-state index is 9.87. The Labute approximate surface area is 128 Å². The molecule has 2 aromatic rings. The summed E-state index contributed by atoms with van der Waals surface area (Å²) in [5, 5.41) is 13.9. The van der Waals surface area contributed by atoms with Crippen LogP contribution in [0.1, 0.15) is 23.7 Å². The van der Waals surface area contributed by atoms with Gasteiger partial charge in [0.25, 0.3) is 0 Å². The molecule has 2 N–H and O–H groups in total. The van der Waals surface area contributed by atoms with Crippen LogP contribution in [-0.2, 0) is 19.5 Å². The zero-order chi connectivity index (χ0) is 14.5. The van der Waals surface area contributed by atoms with Crippen molar-refractivity contribution < 1.29 is 5.11 Å². The molecule has 0 saturated heterocycles. The molecular formula is C15H16Cl2N2O. The number of aromatic nitrogens is 1. The van der Waals surface area contributed by atoms with Crippen LogP contribution in [0.15, 0.2) is 30.5 Å². The van der Waals surface area contributed by atoms with Crippen LogP contribution in [0.5, 0.6) is 5.75 Å². The number of hydrogen-bond acceptors (Lipinski definition) is 3. The van der Waals surface area contributed by atoms with Gasteiger partial charge in [0.2, 0.25) is 0 Å². The van der Waals surface area contributed by atoms with E-state index >= 15 is 0 Å². The topological polar surface area (TPSA) is 45.2 Å². The van der Waals surface area contributed by atoms with E-state index in [0.717, 1.165) is 12.1 Å². The van der Waals surface area contributed by atoms with Crippen molar-refractivity contribution in [3.63, 3.8) is 0 Å². The number of halogens is 2. The summed E-state index contributed by atoms with van der Waals surface area (Å²) in [6, 6.07) is 7.23. The van der Waals surface area contributed by atoms with Crippen molar-refractivity contribution in [1.82, 2.24) is 10.3 Å². The van der Waals surface area contributed by atoms with Gasteiger partial charge in [0.15, 0.2) is 0 Å². The van der Waals surface area contributed by atoms with Crippen molar-refractivity contribution in [2.75, 3.05) is 0 Å². The summed E-state index contributed by atoms with van der Waals surface area (Å²) in [4.78, 5) is 4.36. The van der Waals surface area contributed by atoms with Crippen LogP contribution in [0.25, 0.3) is 0 Å². The molecule has 1 aromatic carbocycles. The minimum Gasteiger partial charge on any atom is -0.506 e. The SMILES string of the molecule is CCc1cccnc1CNCc1cc(Cl)cc(Cl)c1O. The molecule has 0 aliphatic rings. The second-order valence-electron chi connectivity index (χ2n) is 4.46. The van der Waals surface area contributed by atoms with Gasteiger partial charge in [-0.05, 0) is 30.2 Å². The molecule has 3 nitrogen and oxygen atoms in total. The molecule has 5 heteroatoms. The van der Waals surface area contributed by atoms with E-state index in [0.29, 0.717) is 23.7 Å². The normalized spacial score (nSPS) is 10.8. The summed E-state index contributed by atoms with van der Waals surface area (Å²) in [5.74, 6) is 0.0697. The average Bonchev–Trinajstić information content (AvgIpc) is 2.44. The molecule has 0 spiro atoms. The number of aromatic hydroxyl groups is 1. The molecule has 106 valence electrons. The molecule has 1 heterocycles. The Morgan fingerprint density at radius 2 is 2.00 bits per heavy atom. The first-order chi connectivity index (χ1) is 9.61. The fourth-order valence-corrected chi connectivity index (χ4v) is 2.56. The highest BCUT2D eigenvalue weighted by Gasteiger charge is 2.08. The van der Waals surface area contributed by atoms with Crippen molar-refractivity contribution in [3.05, 3.63) is 57.3 Å². The molecule has 0 aliphatic carbocycles. The first kappa shape index (κ1) is 15.1. The van der Waals surface area contributed by atoms with Crippen LogP contribution in [0.3, 0.4) is 0 Å². The van der Waals surface area contributed by atoms with Crippen LogP contribution in [0.2, 0.25) is 10.0 Å². The number of benzene rings is 1. The Kier molecular flexibility index (Phi) is 5.24. The zero-order valence-corrected chi connectivity index (χ0v) is 12.7. The van der Waals surface area contributed by atoms with Gasteiger partial charge in [-0.15, -0.1) is 0 Å². The summed E-state index contributed by atoms with van der Waals surface area (Å²) >= 11 is 11.8. The molecule has 0 unspecified atom stereocenters. The summed E-state index contributed by atoms with van der Waals surface area (Å²) in [7, 11) is 0. The lowest BCUT2D eigenvalue weighted by atomic mass is 10.1. The third kappa shape index (κ3) is 3.63. The lowest BCUT2D eigenvalue weighted by Crippen LogP contribution is -2.15. The number of aryl methyl sites for hydroxylation is 1. The van der Waals surface area contributed by atoms with E-state index in [2.05, 4.69) is 23.3 Å². The van der Waals surface area contributed by atoms with Crippen LogP contribution in [0.4, 0.5) is 0 Å². The molecule has 1 aromatic heterocycles. The molecule has 0 atom stereocenters. The van der Waals surface area contributed by atoms with Crippen molar-refractivity contribution in [1.29, 1.82) is 0 Å². The molecule has 2 rings (SSSR count). The lowest BCUT2D eigenvalue weighted by molar-refractivity contribution is 0.464. The van der Waals surface area contributed by atoms with Crippen LogP contribution in [0, 0.1) is 0 Å². The maximum atomic E-state index is 9.87. The van der Waals surface area contributed by atoms with Gasteiger partial charge in [-0.25, -0.2) is 0 Å². The third-order valence-electron chi connectivity index (χ3n) is 3.08. The van der Waals surface area contributed by atoms with E-state index in [1.807, 2.05) is 6.07 Å². The Hall–Kier alpha value is -1.29. The van der Waals surface area contributed by atoms with Crippen LogP contribution in [-0.4, -0.2) is 10.1 Å². The number of phenolic OH excluding ortho intramolecular Hbond substituents is 1. The fraction of sp³-hybridized carbons (Fsp3) is 0.267. The van der Waals surface area contributed by atoms with Gasteiger partial charge >= 0.3 is 0 Å². The highest BCUT2D eigenvalue weighted by Crippen LogP contribution is 2.31. The smallest absolute Gasteiger partial charge is 0.138 e. The minimum absolute atomic E-state index is 0.0697. The lowest BCUT2D eigenvalue weighted by Gasteiger charge is -2.10. The average molecular weight is 311 g/mol. The number of hydrogen-bond donors (Lipinski definition) is 2. The van der Waals surface area contributed by atoms with Gasteiger partial charge in [0.05, 0.1) is 10.7 Å². The summed E-state index contributed by atoms with van der Waals surface area (Å²) < 4.78 is 0. The van der Waals surface area contributed by atoms with Gasteiger partial charge in [0.1, 0.15) is 5.75 Å². The van der Waals surface area contributed by atoms with Crippen molar-refractivity contribution in [2.45, 2.75) is 26.4 Å². The standard InChI is InChI=1S/C15H16Cl2N2O/c1-2-10-4-3-5-19-14(10)9-18-8-11-6-12(16)7-13(17)15(11)20/h3-7,18,20H,2,8-9H2,1H3. The van der Waals surface area contributed by atoms with Gasteiger partial charge in [-0.2, -0.15) is 0 Å². The van der Waals surface area contributed by atoms with Gasteiger partial charge < -0.3 is 10.4 Å². The molecule has 0 aliphatic heterocycles. The maximum Gasteiger partial charge on any atom is 0.138 e. The Balaban J connectivity index is 2.03. The van der Waals surface area contributed by atoms with Gasteiger partial charge in [-0.3, -0.25) is 4.98 Å². The second-order valence-corrected chi connectivity index (χ2v) is 5.31. The van der Waals surface area contributed by atoms with E-state index in [9.17, 15) is 5.11 Å². The number of nitrogens with one attached hydrogen (secondary N) is 1. The molecule has 0 fully saturated rings. The van der Waals surface area contributed by atoms with Gasteiger partial charge in [0, 0.05) is 29.9 Å². The largest absolute Gasteiger partial charge is 0.506 e. The van der Waals surface area contributed by atoms with Crippen LogP contribution < -0.4 is 5.32 Å². The van der Waals surface area contributed by atoms with E-state index in [4.69, 9.17) is 23.2 Å². The molecule has 0 bridgehead atoms. The van der Waals surface area contributed by atoms with E-state index in [-0.39, 0.29) is 10.8 Å². The third-order valence-corrected chi connectivity index (χ3v) is 3.59. The molecular weight excluding hydrogens is 295 g/mol. The predicted molar refractivity (Wildman–Crippen MR) is 82.3 cm³/mol. The highest BCUT2D eigenvalue weighted by molar-refractivity contribution is 6.35. The van der Waals surface area contributed by atoms with Gasteiger partial charge in [-0.1, -0.05) is 36.2 Å². The summed E-state index contributed by atoms with van der Waals surface area (Å²) in [6.07, 6.45) is 2.73. The summed E-state index contributed by atoms with van der Waals surface area (Å²) in [6.45, 7) is 3.21. The Morgan fingerprint density at radius 1 is 1.20 bits per heavy atom. The number of phenols is 1. The second kappa shape index (κ2) is 6.93. The quantitative estimate of drug-likeness (QED) is 0.879. The van der Waals surface area contributed by atoms with Crippen molar-refractivity contribution in [2.24, 2.45) is 0 Å². The molecule has 20 heavy (non-hydrogen) atoms. The fourth-order valence-electron chi connectivity index (χ4n) is 2.02. The molecule has 0 radical (unpaired) electrons. The van der Waals surface area contributed by atoms with E-state index in [1.165, 1.54) is 11.6 Å². The Bertz CT molecular complexity index is 602.